The Morgan fingerprint density at radius 1 is 1.20 bits per heavy atom. The summed E-state index contributed by atoms with van der Waals surface area (Å²) in [5, 5.41) is 10.5. The smallest absolute Gasteiger partial charge is 0.293 e. The van der Waals surface area contributed by atoms with E-state index in [1.54, 1.807) is 0 Å². The maximum absolute atomic E-state index is 12.7. The van der Waals surface area contributed by atoms with Crippen LogP contribution >= 0.6 is 0 Å². The molecule has 1 aromatic carbocycles. The number of benzene rings is 1. The molecule has 20 heavy (non-hydrogen) atoms. The highest BCUT2D eigenvalue weighted by molar-refractivity contribution is 5.59. The molecule has 4 nitrogen and oxygen atoms in total. The fourth-order valence-corrected chi connectivity index (χ4v) is 3.02. The van der Waals surface area contributed by atoms with E-state index in [0.29, 0.717) is 17.1 Å². The number of nitrogens with zero attached hydrogens (tertiary/aromatic N) is 2. The minimum absolute atomic E-state index is 0.0707. The van der Waals surface area contributed by atoms with Gasteiger partial charge in [0.2, 0.25) is 0 Å². The molecule has 0 aliphatic heterocycles. The van der Waals surface area contributed by atoms with Gasteiger partial charge in [0, 0.05) is 17.2 Å². The molecule has 0 bridgehead atoms. The SMILES string of the molecule is CC(C)c1c(-c2ccccc2)[n+](=O)c2c(n1O)CCC2. The van der Waals surface area contributed by atoms with Crippen LogP contribution in [-0.4, -0.2) is 9.94 Å². The zero-order valence-electron chi connectivity index (χ0n) is 11.8. The third kappa shape index (κ3) is 1.83. The van der Waals surface area contributed by atoms with Crippen molar-refractivity contribution in [3.63, 3.8) is 0 Å². The van der Waals surface area contributed by atoms with Crippen LogP contribution < -0.4 is 4.43 Å². The lowest BCUT2D eigenvalue weighted by Crippen LogP contribution is -2.31. The van der Waals surface area contributed by atoms with Gasteiger partial charge < -0.3 is 5.21 Å². The fraction of sp³-hybridized carbons (Fsp3) is 0.375. The molecule has 1 heterocycles. The lowest BCUT2D eigenvalue weighted by atomic mass is 10.0. The van der Waals surface area contributed by atoms with E-state index in [0.717, 1.165) is 34.9 Å². The summed E-state index contributed by atoms with van der Waals surface area (Å²) in [6.45, 7) is 3.99. The zero-order chi connectivity index (χ0) is 14.3. The van der Waals surface area contributed by atoms with Crippen molar-refractivity contribution >= 4 is 0 Å². The zero-order valence-corrected chi connectivity index (χ0v) is 11.8. The van der Waals surface area contributed by atoms with Gasteiger partial charge in [0.25, 0.3) is 11.4 Å². The molecule has 0 radical (unpaired) electrons. The first-order valence-electron chi connectivity index (χ1n) is 7.09. The van der Waals surface area contributed by atoms with E-state index in [9.17, 15) is 10.1 Å². The van der Waals surface area contributed by atoms with Gasteiger partial charge in [-0.3, -0.25) is 0 Å². The summed E-state index contributed by atoms with van der Waals surface area (Å²) >= 11 is 0. The highest BCUT2D eigenvalue weighted by Crippen LogP contribution is 2.29. The topological polar surface area (TPSA) is 48.1 Å². The van der Waals surface area contributed by atoms with Crippen LogP contribution in [0.2, 0.25) is 0 Å². The minimum Gasteiger partial charge on any atom is -0.428 e. The molecule has 0 amide bonds. The molecule has 0 saturated carbocycles. The van der Waals surface area contributed by atoms with E-state index in [1.165, 1.54) is 4.73 Å². The molecule has 104 valence electrons. The Balaban J connectivity index is 2.39. The van der Waals surface area contributed by atoms with E-state index in [4.69, 9.17) is 0 Å². The maximum atomic E-state index is 12.7. The monoisotopic (exact) mass is 271 g/mol. The van der Waals surface area contributed by atoms with Gasteiger partial charge >= 0.3 is 0 Å². The average Bonchev–Trinajstić information content (AvgIpc) is 2.93. The van der Waals surface area contributed by atoms with Crippen LogP contribution in [0.25, 0.3) is 11.3 Å². The second-order valence-corrected chi connectivity index (χ2v) is 5.61. The van der Waals surface area contributed by atoms with Crippen molar-refractivity contribution in [2.75, 3.05) is 0 Å². The Bertz CT molecular complexity index is 703. The molecular formula is C16H19N2O2+. The Labute approximate surface area is 117 Å². The first-order chi connectivity index (χ1) is 9.61. The van der Waals surface area contributed by atoms with Crippen LogP contribution in [0.1, 0.15) is 43.3 Å². The van der Waals surface area contributed by atoms with Crippen molar-refractivity contribution in [2.24, 2.45) is 0 Å². The Kier molecular flexibility index (Phi) is 3.08. The van der Waals surface area contributed by atoms with E-state index in [-0.39, 0.29) is 5.92 Å². The summed E-state index contributed by atoms with van der Waals surface area (Å²) in [6.07, 6.45) is 2.42. The third-order valence-corrected chi connectivity index (χ3v) is 3.93. The van der Waals surface area contributed by atoms with E-state index < -0.39 is 0 Å². The second-order valence-electron chi connectivity index (χ2n) is 5.61. The lowest BCUT2D eigenvalue weighted by molar-refractivity contribution is -0.494. The fourth-order valence-electron chi connectivity index (χ4n) is 3.02. The molecule has 0 fully saturated rings. The van der Waals surface area contributed by atoms with Gasteiger partial charge in [0.05, 0.1) is 9.99 Å². The predicted octanol–water partition coefficient (Wildman–Crippen LogP) is 2.92. The molecule has 4 heteroatoms. The molecule has 1 aliphatic rings. The molecule has 1 aromatic heterocycles. The number of hydrogen-bond donors (Lipinski definition) is 1. The quantitative estimate of drug-likeness (QED) is 0.674. The van der Waals surface area contributed by atoms with Crippen molar-refractivity contribution < 1.29 is 9.63 Å². The molecule has 0 atom stereocenters. The minimum atomic E-state index is 0.0707. The third-order valence-electron chi connectivity index (χ3n) is 3.93. The van der Waals surface area contributed by atoms with Crippen molar-refractivity contribution in [3.05, 3.63) is 52.3 Å². The molecule has 0 saturated heterocycles. The van der Waals surface area contributed by atoms with Crippen LogP contribution in [0.3, 0.4) is 0 Å². The average molecular weight is 271 g/mol. The summed E-state index contributed by atoms with van der Waals surface area (Å²) in [6, 6.07) is 9.57. The van der Waals surface area contributed by atoms with Crippen molar-refractivity contribution in [1.29, 1.82) is 0 Å². The standard InChI is InChI=1S/C16H19N2O2/c1-11(2)15-16(12-7-4-3-5-8-12)18(20)14-10-6-9-13(14)17(15)19/h3-5,7-8,11,19H,6,9-10H2,1-2H3/q+1. The van der Waals surface area contributed by atoms with Gasteiger partial charge in [-0.2, -0.15) is 4.73 Å². The Hall–Kier alpha value is -2.10. The lowest BCUT2D eigenvalue weighted by Gasteiger charge is -2.13. The molecule has 0 spiro atoms. The van der Waals surface area contributed by atoms with Gasteiger partial charge in [-0.1, -0.05) is 32.0 Å². The second kappa shape index (κ2) is 4.78. The predicted molar refractivity (Wildman–Crippen MR) is 76.5 cm³/mol. The first-order valence-corrected chi connectivity index (χ1v) is 7.09. The summed E-state index contributed by atoms with van der Waals surface area (Å²) in [5.41, 5.74) is 3.58. The molecular weight excluding hydrogens is 252 g/mol. The molecule has 3 rings (SSSR count). The van der Waals surface area contributed by atoms with Gasteiger partial charge in [-0.15, -0.1) is 0 Å². The first kappa shape index (κ1) is 12.9. The largest absolute Gasteiger partial charge is 0.428 e. The summed E-state index contributed by atoms with van der Waals surface area (Å²) in [5.74, 6) is 0.0707. The van der Waals surface area contributed by atoms with Crippen LogP contribution in [-0.2, 0) is 12.8 Å². The van der Waals surface area contributed by atoms with E-state index in [1.807, 2.05) is 44.2 Å². The molecule has 1 N–H and O–H groups in total. The molecule has 0 unspecified atom stereocenters. The number of hydrogen-bond acceptors (Lipinski definition) is 2. The summed E-state index contributed by atoms with van der Waals surface area (Å²) < 4.78 is 2.28. The van der Waals surface area contributed by atoms with E-state index >= 15 is 0 Å². The maximum Gasteiger partial charge on any atom is 0.293 e. The summed E-state index contributed by atoms with van der Waals surface area (Å²) in [7, 11) is 0. The van der Waals surface area contributed by atoms with E-state index in [2.05, 4.69) is 0 Å². The number of rotatable bonds is 2. The van der Waals surface area contributed by atoms with Gasteiger partial charge in [0.1, 0.15) is 11.4 Å². The number of fused-ring (bicyclic) bond motifs is 1. The van der Waals surface area contributed by atoms with Crippen LogP contribution in [0.4, 0.5) is 0 Å². The van der Waals surface area contributed by atoms with Crippen LogP contribution in [0.15, 0.2) is 30.3 Å². The van der Waals surface area contributed by atoms with Gasteiger partial charge in [-0.25, -0.2) is 0 Å². The molecule has 1 aliphatic carbocycles. The normalized spacial score (nSPS) is 13.8. The van der Waals surface area contributed by atoms with Gasteiger partial charge in [-0.05, 0) is 25.0 Å². The summed E-state index contributed by atoms with van der Waals surface area (Å²) in [4.78, 5) is 12.7. The van der Waals surface area contributed by atoms with Gasteiger partial charge in [0.15, 0.2) is 0 Å². The van der Waals surface area contributed by atoms with Crippen molar-refractivity contribution in [2.45, 2.75) is 39.0 Å². The Morgan fingerprint density at radius 2 is 1.90 bits per heavy atom. The van der Waals surface area contributed by atoms with Crippen LogP contribution in [0.5, 0.6) is 0 Å². The van der Waals surface area contributed by atoms with Crippen molar-refractivity contribution in [1.82, 2.24) is 4.73 Å². The van der Waals surface area contributed by atoms with Crippen LogP contribution in [0, 0.1) is 4.91 Å². The molecule has 2 aromatic rings. The highest BCUT2D eigenvalue weighted by Gasteiger charge is 2.34. The highest BCUT2D eigenvalue weighted by atomic mass is 16.5. The number of aromatic nitrogens is 2. The van der Waals surface area contributed by atoms with Crippen molar-refractivity contribution in [3.8, 4) is 11.3 Å². The Morgan fingerprint density at radius 3 is 2.55 bits per heavy atom.